The predicted molar refractivity (Wildman–Crippen MR) is 115 cm³/mol. The first-order valence-electron chi connectivity index (χ1n) is 9.20. The Balaban J connectivity index is 1.43. The van der Waals surface area contributed by atoms with E-state index in [0.29, 0.717) is 31.2 Å². The zero-order valence-electron chi connectivity index (χ0n) is 16.1. The van der Waals surface area contributed by atoms with Crippen molar-refractivity contribution in [3.8, 4) is 10.6 Å². The van der Waals surface area contributed by atoms with Crippen LogP contribution in [0.25, 0.3) is 10.6 Å². The second-order valence-electron chi connectivity index (χ2n) is 6.98. The van der Waals surface area contributed by atoms with E-state index >= 15 is 0 Å². The molecule has 7 nitrogen and oxygen atoms in total. The van der Waals surface area contributed by atoms with E-state index in [9.17, 15) is 8.42 Å². The molecule has 29 heavy (non-hydrogen) atoms. The van der Waals surface area contributed by atoms with E-state index in [4.69, 9.17) is 4.52 Å². The van der Waals surface area contributed by atoms with Crippen LogP contribution >= 0.6 is 27.3 Å². The highest BCUT2D eigenvalue weighted by molar-refractivity contribution is 9.10. The van der Waals surface area contributed by atoms with Gasteiger partial charge in [0.25, 0.3) is 10.0 Å². The minimum atomic E-state index is -3.59. The average molecular weight is 497 g/mol. The lowest BCUT2D eigenvalue weighted by molar-refractivity contribution is 0.180. The summed E-state index contributed by atoms with van der Waals surface area (Å²) in [7, 11) is -3.59. The maximum Gasteiger partial charge on any atom is 0.261 e. The highest BCUT2D eigenvalue weighted by Crippen LogP contribution is 2.28. The second kappa shape index (κ2) is 8.27. The smallest absolute Gasteiger partial charge is 0.261 e. The van der Waals surface area contributed by atoms with Gasteiger partial charge in [-0.05, 0) is 26.0 Å². The van der Waals surface area contributed by atoms with Crippen LogP contribution in [-0.4, -0.2) is 53.9 Å². The molecule has 0 N–H and O–H groups in total. The lowest BCUT2D eigenvalue weighted by Gasteiger charge is -2.33. The lowest BCUT2D eigenvalue weighted by Crippen LogP contribution is -2.48. The molecule has 4 rings (SSSR count). The molecule has 0 atom stereocenters. The fourth-order valence-electron chi connectivity index (χ4n) is 3.31. The van der Waals surface area contributed by atoms with E-state index in [1.54, 1.807) is 5.38 Å². The molecule has 3 aromatic rings. The molecule has 0 spiro atoms. The quantitative estimate of drug-likeness (QED) is 0.535. The summed E-state index contributed by atoms with van der Waals surface area (Å²) >= 11 is 4.75. The summed E-state index contributed by atoms with van der Waals surface area (Å²) in [5.41, 5.74) is 2.88. The average Bonchev–Trinajstić information content (AvgIpc) is 3.32. The van der Waals surface area contributed by atoms with Gasteiger partial charge in [0.2, 0.25) is 0 Å². The van der Waals surface area contributed by atoms with Crippen LogP contribution in [0.4, 0.5) is 0 Å². The Kier molecular flexibility index (Phi) is 5.90. The lowest BCUT2D eigenvalue weighted by atomic mass is 10.2. The molecule has 0 saturated carbocycles. The number of sulfonamides is 1. The molecule has 10 heteroatoms. The van der Waals surface area contributed by atoms with Crippen molar-refractivity contribution in [1.29, 1.82) is 0 Å². The minimum Gasteiger partial charge on any atom is -0.361 e. The molecule has 0 unspecified atom stereocenters. The van der Waals surface area contributed by atoms with Gasteiger partial charge in [0, 0.05) is 53.7 Å². The Morgan fingerprint density at radius 2 is 1.83 bits per heavy atom. The summed E-state index contributed by atoms with van der Waals surface area (Å²) in [6.07, 6.45) is 0. The monoisotopic (exact) mass is 496 g/mol. The van der Waals surface area contributed by atoms with Crippen LogP contribution in [0.1, 0.15) is 17.0 Å². The number of benzene rings is 1. The molecule has 2 aromatic heterocycles. The third kappa shape index (κ3) is 4.31. The number of hydrogen-bond donors (Lipinski definition) is 0. The normalized spacial score (nSPS) is 16.4. The molecule has 1 aromatic carbocycles. The Labute approximate surface area is 182 Å². The molecule has 3 heterocycles. The largest absolute Gasteiger partial charge is 0.361 e. The van der Waals surface area contributed by atoms with E-state index in [-0.39, 0.29) is 5.03 Å². The Morgan fingerprint density at radius 1 is 1.14 bits per heavy atom. The van der Waals surface area contributed by atoms with Crippen molar-refractivity contribution in [1.82, 2.24) is 19.3 Å². The highest BCUT2D eigenvalue weighted by atomic mass is 79.9. The fourth-order valence-corrected chi connectivity index (χ4v) is 6.07. The van der Waals surface area contributed by atoms with Gasteiger partial charge >= 0.3 is 0 Å². The summed E-state index contributed by atoms with van der Waals surface area (Å²) < 4.78 is 33.8. The first-order valence-corrected chi connectivity index (χ1v) is 12.3. The van der Waals surface area contributed by atoms with Crippen molar-refractivity contribution in [2.24, 2.45) is 0 Å². The Hall–Kier alpha value is -1.59. The number of aryl methyl sites for hydroxylation is 2. The number of halogens is 1. The van der Waals surface area contributed by atoms with Crippen molar-refractivity contribution < 1.29 is 12.9 Å². The molecule has 0 bridgehead atoms. The van der Waals surface area contributed by atoms with Crippen LogP contribution in [0.2, 0.25) is 0 Å². The maximum atomic E-state index is 13.0. The molecule has 154 valence electrons. The van der Waals surface area contributed by atoms with Crippen molar-refractivity contribution in [2.45, 2.75) is 25.4 Å². The van der Waals surface area contributed by atoms with Crippen molar-refractivity contribution >= 4 is 37.3 Å². The van der Waals surface area contributed by atoms with Gasteiger partial charge in [0.05, 0.1) is 5.69 Å². The van der Waals surface area contributed by atoms with Crippen LogP contribution < -0.4 is 0 Å². The van der Waals surface area contributed by atoms with Crippen molar-refractivity contribution in [3.05, 3.63) is 51.1 Å². The maximum absolute atomic E-state index is 13.0. The zero-order chi connectivity index (χ0) is 20.6. The van der Waals surface area contributed by atoms with Gasteiger partial charge in [0.1, 0.15) is 10.8 Å². The molecule has 0 radical (unpaired) electrons. The predicted octanol–water partition coefficient (Wildman–Crippen LogP) is 3.68. The molecule has 1 saturated heterocycles. The fraction of sp³-hybridized carbons (Fsp3) is 0.368. The van der Waals surface area contributed by atoms with Crippen LogP contribution in [0, 0.1) is 13.8 Å². The number of thiazole rings is 1. The summed E-state index contributed by atoms with van der Waals surface area (Å²) in [6.45, 7) is 6.76. The standard InChI is InChI=1S/C19H21BrN4O3S2/c1-13-17(14(2)27-22-13)11-23-7-9-24(10-8-23)29(25,26)18-12-28-19(21-18)15-3-5-16(20)6-4-15/h3-6,12H,7-11H2,1-2H3. The van der Waals surface area contributed by atoms with Gasteiger partial charge < -0.3 is 4.52 Å². The SMILES string of the molecule is Cc1noc(C)c1CN1CCN(S(=O)(=O)c2csc(-c3ccc(Br)cc3)n2)CC1. The Bertz CT molecular complexity index is 1080. The summed E-state index contributed by atoms with van der Waals surface area (Å²) in [4.78, 5) is 6.63. The van der Waals surface area contributed by atoms with Crippen LogP contribution in [0.15, 0.2) is 43.7 Å². The van der Waals surface area contributed by atoms with E-state index in [2.05, 4.69) is 31.0 Å². The van der Waals surface area contributed by atoms with Gasteiger partial charge in [-0.1, -0.05) is 33.2 Å². The van der Waals surface area contributed by atoms with Crippen molar-refractivity contribution in [3.63, 3.8) is 0 Å². The minimum absolute atomic E-state index is 0.125. The molecular formula is C19H21BrN4O3S2. The first kappa shape index (κ1) is 20.7. The number of piperazine rings is 1. The third-order valence-corrected chi connectivity index (χ3v) is 8.42. The number of aromatic nitrogens is 2. The topological polar surface area (TPSA) is 79.5 Å². The third-order valence-electron chi connectivity index (χ3n) is 5.07. The Morgan fingerprint density at radius 3 is 2.45 bits per heavy atom. The van der Waals surface area contributed by atoms with E-state index in [1.807, 2.05) is 38.1 Å². The van der Waals surface area contributed by atoms with E-state index in [1.165, 1.54) is 15.6 Å². The van der Waals surface area contributed by atoms with Crippen molar-refractivity contribution in [2.75, 3.05) is 26.2 Å². The van der Waals surface area contributed by atoms with Gasteiger partial charge in [-0.15, -0.1) is 11.3 Å². The zero-order valence-corrected chi connectivity index (χ0v) is 19.3. The molecule has 0 amide bonds. The first-order chi connectivity index (χ1) is 13.8. The van der Waals surface area contributed by atoms with Gasteiger partial charge in [-0.3, -0.25) is 4.90 Å². The highest BCUT2D eigenvalue weighted by Gasteiger charge is 2.31. The summed E-state index contributed by atoms with van der Waals surface area (Å²) in [5, 5.41) is 6.44. The molecule has 0 aliphatic carbocycles. The molecular weight excluding hydrogens is 476 g/mol. The second-order valence-corrected chi connectivity index (χ2v) is 10.6. The van der Waals surface area contributed by atoms with E-state index in [0.717, 1.165) is 33.6 Å². The van der Waals surface area contributed by atoms with Crippen LogP contribution in [-0.2, 0) is 16.6 Å². The van der Waals surface area contributed by atoms with Crippen LogP contribution in [0.3, 0.4) is 0 Å². The molecule has 1 aliphatic rings. The van der Waals surface area contributed by atoms with Crippen LogP contribution in [0.5, 0.6) is 0 Å². The van der Waals surface area contributed by atoms with Gasteiger partial charge in [0.15, 0.2) is 5.03 Å². The number of hydrogen-bond acceptors (Lipinski definition) is 7. The number of rotatable bonds is 5. The summed E-state index contributed by atoms with van der Waals surface area (Å²) in [5.74, 6) is 0.820. The molecule has 1 fully saturated rings. The summed E-state index contributed by atoms with van der Waals surface area (Å²) in [6, 6.07) is 7.69. The van der Waals surface area contributed by atoms with E-state index < -0.39 is 10.0 Å². The number of nitrogens with zero attached hydrogens (tertiary/aromatic N) is 4. The van der Waals surface area contributed by atoms with Gasteiger partial charge in [-0.25, -0.2) is 13.4 Å². The molecule has 1 aliphatic heterocycles. The van der Waals surface area contributed by atoms with Gasteiger partial charge in [-0.2, -0.15) is 4.31 Å².